The van der Waals surface area contributed by atoms with Gasteiger partial charge in [0, 0.05) is 12.6 Å². The van der Waals surface area contributed by atoms with Crippen LogP contribution in [0, 0.1) is 0 Å². The molecule has 0 aliphatic carbocycles. The molecule has 20 heavy (non-hydrogen) atoms. The third kappa shape index (κ3) is 3.06. The molecule has 1 aliphatic rings. The van der Waals surface area contributed by atoms with Gasteiger partial charge < -0.3 is 15.4 Å². The highest BCUT2D eigenvalue weighted by atomic mass is 16.5. The van der Waals surface area contributed by atoms with Crippen molar-refractivity contribution < 1.29 is 9.53 Å². The topological polar surface area (TPSA) is 55.6 Å². The summed E-state index contributed by atoms with van der Waals surface area (Å²) in [6.07, 6.45) is 4.83. The molecule has 1 aromatic carbocycles. The van der Waals surface area contributed by atoms with Crippen molar-refractivity contribution >= 4 is 17.3 Å². The van der Waals surface area contributed by atoms with Crippen molar-refractivity contribution in [1.29, 1.82) is 0 Å². The fourth-order valence-electron chi connectivity index (χ4n) is 2.90. The Hall–Kier alpha value is -1.71. The molecule has 0 unspecified atom stereocenters. The zero-order valence-electron chi connectivity index (χ0n) is 12.4. The Kier molecular flexibility index (Phi) is 4.88. The first-order chi connectivity index (χ1) is 9.67. The minimum absolute atomic E-state index is 0.309. The molecule has 1 fully saturated rings. The summed E-state index contributed by atoms with van der Waals surface area (Å²) in [7, 11) is 0. The molecule has 1 aromatic rings. The summed E-state index contributed by atoms with van der Waals surface area (Å²) >= 11 is 0. The van der Waals surface area contributed by atoms with E-state index in [9.17, 15) is 4.79 Å². The van der Waals surface area contributed by atoms with Crippen LogP contribution in [0.15, 0.2) is 18.2 Å². The second-order valence-electron chi connectivity index (χ2n) is 5.25. The molecule has 0 saturated carbocycles. The molecule has 110 valence electrons. The largest absolute Gasteiger partial charge is 0.462 e. The van der Waals surface area contributed by atoms with Gasteiger partial charge in [-0.2, -0.15) is 0 Å². The first-order valence-corrected chi connectivity index (χ1v) is 7.50. The first kappa shape index (κ1) is 14.7. The van der Waals surface area contributed by atoms with Crippen LogP contribution in [0.5, 0.6) is 0 Å². The van der Waals surface area contributed by atoms with Gasteiger partial charge in [0.2, 0.25) is 0 Å². The molecule has 0 radical (unpaired) electrons. The van der Waals surface area contributed by atoms with Crippen molar-refractivity contribution in [2.75, 3.05) is 23.8 Å². The van der Waals surface area contributed by atoms with Crippen LogP contribution >= 0.6 is 0 Å². The van der Waals surface area contributed by atoms with E-state index in [1.807, 2.05) is 12.1 Å². The van der Waals surface area contributed by atoms with Gasteiger partial charge in [0.25, 0.3) is 0 Å². The maximum absolute atomic E-state index is 11.7. The monoisotopic (exact) mass is 276 g/mol. The average molecular weight is 276 g/mol. The maximum Gasteiger partial charge on any atom is 0.338 e. The Balaban J connectivity index is 2.22. The van der Waals surface area contributed by atoms with E-state index in [2.05, 4.69) is 11.8 Å². The van der Waals surface area contributed by atoms with Gasteiger partial charge in [-0.15, -0.1) is 0 Å². The zero-order chi connectivity index (χ0) is 14.5. The van der Waals surface area contributed by atoms with Crippen LogP contribution < -0.4 is 10.6 Å². The molecule has 1 heterocycles. The summed E-state index contributed by atoms with van der Waals surface area (Å²) in [5.74, 6) is -0.309. The first-order valence-electron chi connectivity index (χ1n) is 7.50. The number of benzene rings is 1. The zero-order valence-corrected chi connectivity index (χ0v) is 12.4. The third-order valence-electron chi connectivity index (χ3n) is 3.95. The molecule has 0 amide bonds. The van der Waals surface area contributed by atoms with E-state index >= 15 is 0 Å². The van der Waals surface area contributed by atoms with Crippen molar-refractivity contribution in [3.63, 3.8) is 0 Å². The second-order valence-corrected chi connectivity index (χ2v) is 5.25. The number of carbonyl (C=O) groups is 1. The summed E-state index contributed by atoms with van der Waals surface area (Å²) in [4.78, 5) is 14.1. The molecule has 4 heteroatoms. The lowest BCUT2D eigenvalue weighted by atomic mass is 9.98. The molecule has 4 nitrogen and oxygen atoms in total. The molecule has 2 N–H and O–H groups in total. The van der Waals surface area contributed by atoms with Crippen LogP contribution in [-0.4, -0.2) is 25.2 Å². The van der Waals surface area contributed by atoms with Crippen molar-refractivity contribution in [3.8, 4) is 0 Å². The highest BCUT2D eigenvalue weighted by molar-refractivity contribution is 5.92. The predicted molar refractivity (Wildman–Crippen MR) is 82.1 cm³/mol. The summed E-state index contributed by atoms with van der Waals surface area (Å²) in [5, 5.41) is 0. The fraction of sp³-hybridized carbons (Fsp3) is 0.562. The van der Waals surface area contributed by atoms with Crippen molar-refractivity contribution in [3.05, 3.63) is 23.8 Å². The lowest BCUT2D eigenvalue weighted by Crippen LogP contribution is -2.39. The van der Waals surface area contributed by atoms with Crippen molar-refractivity contribution in [1.82, 2.24) is 0 Å². The van der Waals surface area contributed by atoms with Gasteiger partial charge >= 0.3 is 5.97 Å². The Bertz CT molecular complexity index is 474. The van der Waals surface area contributed by atoms with Crippen LogP contribution in [0.4, 0.5) is 11.4 Å². The molecular formula is C16H24N2O2. The SMILES string of the molecule is CCOC(=O)c1ccc(N2CCCC[C@@H]2CC)c(N)c1. The van der Waals surface area contributed by atoms with Gasteiger partial charge in [-0.05, 0) is 50.8 Å². The van der Waals surface area contributed by atoms with Gasteiger partial charge in [-0.1, -0.05) is 6.92 Å². The standard InChI is InChI=1S/C16H24N2O2/c1-3-13-7-5-6-10-18(13)15-9-8-12(11-14(15)17)16(19)20-4-2/h8-9,11,13H,3-7,10,17H2,1-2H3/t13-/m0/s1. The van der Waals surface area contributed by atoms with E-state index in [0.717, 1.165) is 18.7 Å². The second kappa shape index (κ2) is 6.64. The van der Waals surface area contributed by atoms with E-state index in [1.165, 1.54) is 19.3 Å². The van der Waals surface area contributed by atoms with Gasteiger partial charge in [-0.25, -0.2) is 4.79 Å². The van der Waals surface area contributed by atoms with E-state index in [0.29, 0.717) is 23.9 Å². The number of rotatable bonds is 4. The normalized spacial score (nSPS) is 18.9. The number of nitrogen functional groups attached to an aromatic ring is 1. The van der Waals surface area contributed by atoms with Crippen molar-refractivity contribution in [2.45, 2.75) is 45.6 Å². The Labute approximate surface area is 120 Å². The molecular weight excluding hydrogens is 252 g/mol. The van der Waals surface area contributed by atoms with E-state index in [1.54, 1.807) is 13.0 Å². The van der Waals surface area contributed by atoms with Crippen LogP contribution in [-0.2, 0) is 4.74 Å². The van der Waals surface area contributed by atoms with E-state index < -0.39 is 0 Å². The molecule has 1 aliphatic heterocycles. The third-order valence-corrected chi connectivity index (χ3v) is 3.95. The predicted octanol–water partition coefficient (Wildman–Crippen LogP) is 3.21. The Morgan fingerprint density at radius 2 is 2.20 bits per heavy atom. The number of anilines is 2. The molecule has 2 rings (SSSR count). The summed E-state index contributed by atoms with van der Waals surface area (Å²) in [5.41, 5.74) is 8.39. The highest BCUT2D eigenvalue weighted by Crippen LogP contribution is 2.31. The number of hydrogen-bond acceptors (Lipinski definition) is 4. The molecule has 1 atom stereocenters. The number of hydrogen-bond donors (Lipinski definition) is 1. The minimum atomic E-state index is -0.309. The summed E-state index contributed by atoms with van der Waals surface area (Å²) in [6, 6.07) is 6.05. The maximum atomic E-state index is 11.7. The van der Waals surface area contributed by atoms with Crippen LogP contribution in [0.3, 0.4) is 0 Å². The number of esters is 1. The average Bonchev–Trinajstić information content (AvgIpc) is 2.47. The van der Waals surface area contributed by atoms with Gasteiger partial charge in [0.05, 0.1) is 23.5 Å². The number of nitrogens with zero attached hydrogens (tertiary/aromatic N) is 1. The Morgan fingerprint density at radius 3 is 2.85 bits per heavy atom. The summed E-state index contributed by atoms with van der Waals surface area (Å²) < 4.78 is 5.00. The van der Waals surface area contributed by atoms with E-state index in [4.69, 9.17) is 10.5 Å². The fourth-order valence-corrected chi connectivity index (χ4v) is 2.90. The van der Waals surface area contributed by atoms with Gasteiger partial charge in [0.1, 0.15) is 0 Å². The van der Waals surface area contributed by atoms with Crippen LogP contribution in [0.2, 0.25) is 0 Å². The quantitative estimate of drug-likeness (QED) is 0.677. The molecule has 0 bridgehead atoms. The number of ether oxygens (including phenoxy) is 1. The van der Waals surface area contributed by atoms with E-state index in [-0.39, 0.29) is 5.97 Å². The Morgan fingerprint density at radius 1 is 1.40 bits per heavy atom. The number of carbonyl (C=O) groups excluding carboxylic acids is 1. The van der Waals surface area contributed by atoms with Crippen molar-refractivity contribution in [2.24, 2.45) is 0 Å². The van der Waals surface area contributed by atoms with Gasteiger partial charge in [-0.3, -0.25) is 0 Å². The molecule has 0 spiro atoms. The smallest absolute Gasteiger partial charge is 0.338 e. The van der Waals surface area contributed by atoms with Gasteiger partial charge in [0.15, 0.2) is 0 Å². The highest BCUT2D eigenvalue weighted by Gasteiger charge is 2.23. The number of nitrogens with two attached hydrogens (primary N) is 1. The minimum Gasteiger partial charge on any atom is -0.462 e. The van der Waals surface area contributed by atoms with Crippen LogP contribution in [0.25, 0.3) is 0 Å². The van der Waals surface area contributed by atoms with Crippen LogP contribution in [0.1, 0.15) is 49.9 Å². The molecule has 1 saturated heterocycles. The lowest BCUT2D eigenvalue weighted by Gasteiger charge is -2.37. The summed E-state index contributed by atoms with van der Waals surface area (Å²) in [6.45, 7) is 5.44. The lowest BCUT2D eigenvalue weighted by molar-refractivity contribution is 0.0526. The molecule has 0 aromatic heterocycles. The number of piperidine rings is 1.